The van der Waals surface area contributed by atoms with Gasteiger partial charge in [-0.2, -0.15) is 5.26 Å². The summed E-state index contributed by atoms with van der Waals surface area (Å²) in [4.78, 5) is 21.1. The van der Waals surface area contributed by atoms with Crippen LogP contribution in [0.1, 0.15) is 0 Å². The fourth-order valence-corrected chi connectivity index (χ4v) is 2.36. The van der Waals surface area contributed by atoms with Crippen molar-refractivity contribution in [1.82, 2.24) is 20.2 Å². The minimum atomic E-state index is -0.237. The fraction of sp³-hybridized carbons (Fsp3) is 0.267. The number of carbonyl (C=O) groups is 1. The SMILES string of the molecule is N#C/C(=C/Nc1ccc2nc[nH]c2c1)C(=O)N1CCNCC1. The van der Waals surface area contributed by atoms with Crippen LogP contribution in [0.4, 0.5) is 5.69 Å². The molecule has 0 spiro atoms. The van der Waals surface area contributed by atoms with Gasteiger partial charge in [-0.15, -0.1) is 0 Å². The molecule has 2 heterocycles. The number of rotatable bonds is 3. The number of nitrogens with one attached hydrogen (secondary N) is 3. The van der Waals surface area contributed by atoms with E-state index in [1.54, 1.807) is 11.2 Å². The summed E-state index contributed by atoms with van der Waals surface area (Å²) >= 11 is 0. The molecule has 1 aromatic heterocycles. The van der Waals surface area contributed by atoms with E-state index in [-0.39, 0.29) is 11.5 Å². The summed E-state index contributed by atoms with van der Waals surface area (Å²) in [6.45, 7) is 2.76. The van der Waals surface area contributed by atoms with Crippen molar-refractivity contribution in [1.29, 1.82) is 5.26 Å². The van der Waals surface area contributed by atoms with Gasteiger partial charge in [-0.3, -0.25) is 4.79 Å². The zero-order chi connectivity index (χ0) is 15.4. The number of aromatic nitrogens is 2. The van der Waals surface area contributed by atoms with Crippen molar-refractivity contribution in [3.05, 3.63) is 36.3 Å². The van der Waals surface area contributed by atoms with E-state index in [2.05, 4.69) is 20.6 Å². The highest BCUT2D eigenvalue weighted by atomic mass is 16.2. The molecule has 112 valence electrons. The first-order valence-corrected chi connectivity index (χ1v) is 7.08. The van der Waals surface area contributed by atoms with Crippen molar-refractivity contribution in [3.8, 4) is 6.07 Å². The first-order valence-electron chi connectivity index (χ1n) is 7.08. The Morgan fingerprint density at radius 2 is 2.23 bits per heavy atom. The van der Waals surface area contributed by atoms with E-state index >= 15 is 0 Å². The summed E-state index contributed by atoms with van der Waals surface area (Å²) in [6.07, 6.45) is 3.08. The summed E-state index contributed by atoms with van der Waals surface area (Å²) in [5.74, 6) is -0.237. The number of fused-ring (bicyclic) bond motifs is 1. The van der Waals surface area contributed by atoms with Crippen LogP contribution in [0, 0.1) is 11.3 Å². The zero-order valence-corrected chi connectivity index (χ0v) is 12.0. The van der Waals surface area contributed by atoms with Crippen molar-refractivity contribution >= 4 is 22.6 Å². The van der Waals surface area contributed by atoms with Crippen LogP contribution in [0.2, 0.25) is 0 Å². The highest BCUT2D eigenvalue weighted by Gasteiger charge is 2.19. The van der Waals surface area contributed by atoms with Gasteiger partial charge in [0.15, 0.2) is 0 Å². The van der Waals surface area contributed by atoms with E-state index < -0.39 is 0 Å². The smallest absolute Gasteiger partial charge is 0.266 e. The third-order valence-electron chi connectivity index (χ3n) is 3.56. The van der Waals surface area contributed by atoms with Crippen LogP contribution in [-0.4, -0.2) is 47.0 Å². The van der Waals surface area contributed by atoms with E-state index in [1.165, 1.54) is 6.20 Å². The molecule has 7 heteroatoms. The van der Waals surface area contributed by atoms with Gasteiger partial charge in [-0.1, -0.05) is 0 Å². The number of benzene rings is 1. The maximum Gasteiger partial charge on any atom is 0.266 e. The second-order valence-electron chi connectivity index (χ2n) is 4.99. The Hall–Kier alpha value is -2.85. The normalized spacial score (nSPS) is 15.6. The van der Waals surface area contributed by atoms with Crippen LogP contribution in [0.25, 0.3) is 11.0 Å². The third-order valence-corrected chi connectivity index (χ3v) is 3.56. The quantitative estimate of drug-likeness (QED) is 0.575. The first kappa shape index (κ1) is 14.1. The Bertz CT molecular complexity index is 751. The number of aromatic amines is 1. The van der Waals surface area contributed by atoms with Crippen LogP contribution in [0.15, 0.2) is 36.3 Å². The molecule has 0 unspecified atom stereocenters. The van der Waals surface area contributed by atoms with E-state index in [4.69, 9.17) is 0 Å². The molecule has 1 aromatic carbocycles. The minimum absolute atomic E-state index is 0.103. The van der Waals surface area contributed by atoms with E-state index in [0.717, 1.165) is 29.8 Å². The lowest BCUT2D eigenvalue weighted by Crippen LogP contribution is -2.46. The second kappa shape index (κ2) is 6.28. The predicted octanol–water partition coefficient (Wildman–Crippen LogP) is 0.814. The van der Waals surface area contributed by atoms with Crippen molar-refractivity contribution in [3.63, 3.8) is 0 Å². The Kier molecular flexibility index (Phi) is 4.03. The number of amides is 1. The molecule has 2 aromatic rings. The van der Waals surface area contributed by atoms with Gasteiger partial charge in [-0.05, 0) is 18.2 Å². The molecule has 0 aliphatic carbocycles. The van der Waals surface area contributed by atoms with E-state index in [0.29, 0.717) is 13.1 Å². The van der Waals surface area contributed by atoms with Crippen molar-refractivity contribution in [2.24, 2.45) is 0 Å². The topological polar surface area (TPSA) is 96.8 Å². The summed E-state index contributed by atoms with van der Waals surface area (Å²) in [6, 6.07) is 7.56. The number of hydrogen-bond donors (Lipinski definition) is 3. The Morgan fingerprint density at radius 3 is 3.00 bits per heavy atom. The average Bonchev–Trinajstić information content (AvgIpc) is 3.03. The molecule has 1 saturated heterocycles. The van der Waals surface area contributed by atoms with E-state index in [1.807, 2.05) is 24.3 Å². The molecule has 7 nitrogen and oxygen atoms in total. The number of nitrogens with zero attached hydrogens (tertiary/aromatic N) is 3. The third kappa shape index (κ3) is 2.92. The first-order chi connectivity index (χ1) is 10.8. The molecular formula is C15H16N6O. The lowest BCUT2D eigenvalue weighted by molar-refractivity contribution is -0.127. The lowest BCUT2D eigenvalue weighted by atomic mass is 10.2. The standard InChI is InChI=1S/C15H16N6O/c16-8-11(15(22)21-5-3-17-4-6-21)9-18-12-1-2-13-14(7-12)20-10-19-13/h1-2,7,9-10,17-18H,3-6H2,(H,19,20)/b11-9-. The molecule has 0 saturated carbocycles. The lowest BCUT2D eigenvalue weighted by Gasteiger charge is -2.27. The second-order valence-corrected chi connectivity index (χ2v) is 4.99. The molecule has 0 bridgehead atoms. The minimum Gasteiger partial charge on any atom is -0.360 e. The van der Waals surface area contributed by atoms with Crippen LogP contribution < -0.4 is 10.6 Å². The number of hydrogen-bond acceptors (Lipinski definition) is 5. The summed E-state index contributed by atoms with van der Waals surface area (Å²) in [5, 5.41) is 15.4. The van der Waals surface area contributed by atoms with Crippen molar-refractivity contribution in [2.75, 3.05) is 31.5 Å². The highest BCUT2D eigenvalue weighted by molar-refractivity contribution is 5.97. The van der Waals surface area contributed by atoms with Crippen LogP contribution in [0.5, 0.6) is 0 Å². The molecule has 1 aliphatic rings. The van der Waals surface area contributed by atoms with Gasteiger partial charge in [0.1, 0.15) is 11.6 Å². The molecule has 22 heavy (non-hydrogen) atoms. The molecule has 1 amide bonds. The number of piperazine rings is 1. The fourth-order valence-electron chi connectivity index (χ4n) is 2.36. The van der Waals surface area contributed by atoms with Gasteiger partial charge in [-0.25, -0.2) is 4.98 Å². The van der Waals surface area contributed by atoms with Crippen LogP contribution >= 0.6 is 0 Å². The van der Waals surface area contributed by atoms with Gasteiger partial charge in [0.2, 0.25) is 0 Å². The molecular weight excluding hydrogens is 280 g/mol. The highest BCUT2D eigenvalue weighted by Crippen LogP contribution is 2.16. The van der Waals surface area contributed by atoms with Crippen molar-refractivity contribution in [2.45, 2.75) is 0 Å². The largest absolute Gasteiger partial charge is 0.360 e. The maximum absolute atomic E-state index is 12.3. The molecule has 0 atom stereocenters. The summed E-state index contributed by atoms with van der Waals surface area (Å²) in [5.41, 5.74) is 2.65. The van der Waals surface area contributed by atoms with Crippen LogP contribution in [-0.2, 0) is 4.79 Å². The number of anilines is 1. The summed E-state index contributed by atoms with van der Waals surface area (Å²) < 4.78 is 0. The van der Waals surface area contributed by atoms with Gasteiger partial charge < -0.3 is 20.5 Å². The molecule has 0 radical (unpaired) electrons. The van der Waals surface area contributed by atoms with E-state index in [9.17, 15) is 10.1 Å². The van der Waals surface area contributed by atoms with Gasteiger partial charge >= 0.3 is 0 Å². The van der Waals surface area contributed by atoms with Crippen molar-refractivity contribution < 1.29 is 4.79 Å². The van der Waals surface area contributed by atoms with Gasteiger partial charge in [0.25, 0.3) is 5.91 Å². The molecule has 3 rings (SSSR count). The molecule has 1 fully saturated rings. The maximum atomic E-state index is 12.3. The number of imidazole rings is 1. The zero-order valence-electron chi connectivity index (χ0n) is 12.0. The molecule has 3 N–H and O–H groups in total. The average molecular weight is 296 g/mol. The number of H-pyrrole nitrogens is 1. The van der Waals surface area contributed by atoms with Gasteiger partial charge in [0.05, 0.1) is 17.4 Å². The number of nitriles is 1. The monoisotopic (exact) mass is 296 g/mol. The summed E-state index contributed by atoms with van der Waals surface area (Å²) in [7, 11) is 0. The molecule has 1 aliphatic heterocycles. The van der Waals surface area contributed by atoms with Crippen LogP contribution in [0.3, 0.4) is 0 Å². The Labute approximate surface area is 127 Å². The van der Waals surface area contributed by atoms with Gasteiger partial charge in [0, 0.05) is 38.1 Å². The Balaban J connectivity index is 1.73. The predicted molar refractivity (Wildman–Crippen MR) is 82.9 cm³/mol. The number of carbonyl (C=O) groups excluding carboxylic acids is 1. The Morgan fingerprint density at radius 1 is 1.41 bits per heavy atom.